The van der Waals surface area contributed by atoms with Crippen molar-refractivity contribution in [3.05, 3.63) is 41.5 Å². The van der Waals surface area contributed by atoms with E-state index in [0.29, 0.717) is 18.2 Å². The molecule has 0 bridgehead atoms. The van der Waals surface area contributed by atoms with E-state index in [2.05, 4.69) is 30.0 Å². The topological polar surface area (TPSA) is 40.5 Å². The fraction of sp³-hybridized carbons (Fsp3) is 0.400. The quantitative estimate of drug-likeness (QED) is 0.832. The molecule has 96 valence electrons. The van der Waals surface area contributed by atoms with Gasteiger partial charge in [-0.2, -0.15) is 0 Å². The van der Waals surface area contributed by atoms with E-state index in [9.17, 15) is 4.79 Å². The summed E-state index contributed by atoms with van der Waals surface area (Å²) < 4.78 is 0. The first-order valence-corrected chi connectivity index (χ1v) is 6.34. The molecule has 0 aromatic heterocycles. The molecule has 0 spiro atoms. The maximum atomic E-state index is 10.8. The number of rotatable bonds is 3. The van der Waals surface area contributed by atoms with Crippen LogP contribution in [0.3, 0.4) is 0 Å². The average molecular weight is 245 g/mol. The molecule has 1 aliphatic heterocycles. The van der Waals surface area contributed by atoms with E-state index in [4.69, 9.17) is 5.11 Å². The van der Waals surface area contributed by atoms with Gasteiger partial charge in [0.25, 0.3) is 0 Å². The number of aryl methyl sites for hydroxylation is 1. The smallest absolute Gasteiger partial charge is 0.331 e. The lowest BCUT2D eigenvalue weighted by Gasteiger charge is -2.36. The maximum Gasteiger partial charge on any atom is 0.331 e. The molecule has 1 N–H and O–H groups in total. The van der Waals surface area contributed by atoms with Crippen LogP contribution in [0.15, 0.2) is 35.9 Å². The van der Waals surface area contributed by atoms with Crippen LogP contribution in [0.4, 0.5) is 5.69 Å². The summed E-state index contributed by atoms with van der Waals surface area (Å²) >= 11 is 0. The Bertz CT molecular complexity index is 479. The molecule has 0 aliphatic carbocycles. The van der Waals surface area contributed by atoms with Gasteiger partial charge in [0.2, 0.25) is 0 Å². The van der Waals surface area contributed by atoms with Crippen molar-refractivity contribution in [2.75, 3.05) is 11.4 Å². The number of anilines is 1. The molecular weight excluding hydrogens is 226 g/mol. The molecule has 2 rings (SSSR count). The molecule has 1 aromatic carbocycles. The normalized spacial score (nSPS) is 19.6. The van der Waals surface area contributed by atoms with Gasteiger partial charge >= 0.3 is 5.97 Å². The minimum absolute atomic E-state index is 0.408. The molecule has 1 heterocycles. The Morgan fingerprint density at radius 3 is 2.94 bits per heavy atom. The Hall–Kier alpha value is -1.77. The number of hydrogen-bond acceptors (Lipinski definition) is 2. The van der Waals surface area contributed by atoms with Gasteiger partial charge < -0.3 is 10.0 Å². The van der Waals surface area contributed by atoms with Crippen molar-refractivity contribution in [2.45, 2.75) is 32.7 Å². The molecule has 0 fully saturated rings. The van der Waals surface area contributed by atoms with Crippen LogP contribution in [0.2, 0.25) is 0 Å². The molecule has 1 atom stereocenters. The first-order valence-electron chi connectivity index (χ1n) is 6.34. The average Bonchev–Trinajstić information content (AvgIpc) is 2.37. The highest BCUT2D eigenvalue weighted by Gasteiger charge is 2.21. The van der Waals surface area contributed by atoms with E-state index in [1.54, 1.807) is 13.0 Å². The van der Waals surface area contributed by atoms with Crippen LogP contribution in [0, 0.1) is 0 Å². The number of carbonyl (C=O) groups is 1. The minimum Gasteiger partial charge on any atom is -0.478 e. The van der Waals surface area contributed by atoms with Crippen molar-refractivity contribution in [3.8, 4) is 0 Å². The van der Waals surface area contributed by atoms with E-state index in [0.717, 1.165) is 12.8 Å². The molecule has 1 aromatic rings. The number of nitrogens with zero attached hydrogens (tertiary/aromatic N) is 1. The lowest BCUT2D eigenvalue weighted by molar-refractivity contribution is -0.132. The maximum absolute atomic E-state index is 10.8. The molecule has 18 heavy (non-hydrogen) atoms. The second-order valence-corrected chi connectivity index (χ2v) is 4.86. The lowest BCUT2D eigenvalue weighted by Crippen LogP contribution is -2.37. The summed E-state index contributed by atoms with van der Waals surface area (Å²) in [6, 6.07) is 8.83. The lowest BCUT2D eigenvalue weighted by atomic mass is 9.96. The van der Waals surface area contributed by atoms with Gasteiger partial charge in [-0.3, -0.25) is 0 Å². The largest absolute Gasteiger partial charge is 0.478 e. The number of aliphatic carboxylic acids is 1. The third kappa shape index (κ3) is 2.55. The summed E-state index contributed by atoms with van der Waals surface area (Å²) in [5, 5.41) is 8.89. The van der Waals surface area contributed by atoms with E-state index in [1.165, 1.54) is 11.3 Å². The van der Waals surface area contributed by atoms with E-state index in [-0.39, 0.29) is 0 Å². The van der Waals surface area contributed by atoms with Crippen LogP contribution in [0.1, 0.15) is 25.8 Å². The molecule has 0 radical (unpaired) electrons. The molecule has 1 aliphatic rings. The van der Waals surface area contributed by atoms with Crippen molar-refractivity contribution < 1.29 is 9.90 Å². The molecule has 0 saturated heterocycles. The standard InChI is InChI=1S/C15H19NO2/c1-11(15(17)18)9-10-16-12(2)7-8-13-5-3-4-6-14(13)16/h3-6,9,12H,7-8,10H2,1-2H3,(H,17,18). The Morgan fingerprint density at radius 1 is 1.50 bits per heavy atom. The zero-order valence-corrected chi connectivity index (χ0v) is 10.9. The summed E-state index contributed by atoms with van der Waals surface area (Å²) in [5.41, 5.74) is 3.01. The summed E-state index contributed by atoms with van der Waals surface area (Å²) in [6.07, 6.45) is 4.02. The highest BCUT2D eigenvalue weighted by Crippen LogP contribution is 2.30. The molecule has 0 amide bonds. The Labute approximate surface area is 108 Å². The van der Waals surface area contributed by atoms with Crippen LogP contribution < -0.4 is 4.90 Å². The molecule has 3 nitrogen and oxygen atoms in total. The minimum atomic E-state index is -0.840. The van der Waals surface area contributed by atoms with Gasteiger partial charge in [0, 0.05) is 23.8 Å². The van der Waals surface area contributed by atoms with Gasteiger partial charge in [0.15, 0.2) is 0 Å². The van der Waals surface area contributed by atoms with Crippen LogP contribution in [0.5, 0.6) is 0 Å². The van der Waals surface area contributed by atoms with Gasteiger partial charge in [0.1, 0.15) is 0 Å². The SMILES string of the molecule is CC(=CCN1c2ccccc2CCC1C)C(=O)O. The number of carboxylic acids is 1. The Balaban J connectivity index is 2.22. The number of para-hydroxylation sites is 1. The molecular formula is C15H19NO2. The monoisotopic (exact) mass is 245 g/mol. The first-order chi connectivity index (χ1) is 8.59. The van der Waals surface area contributed by atoms with Crippen LogP contribution in [-0.4, -0.2) is 23.7 Å². The summed E-state index contributed by atoms with van der Waals surface area (Å²) in [4.78, 5) is 13.1. The highest BCUT2D eigenvalue weighted by molar-refractivity contribution is 5.85. The molecule has 0 saturated carbocycles. The summed E-state index contributed by atoms with van der Waals surface area (Å²) in [6.45, 7) is 4.50. The van der Waals surface area contributed by atoms with Crippen molar-refractivity contribution in [1.82, 2.24) is 0 Å². The highest BCUT2D eigenvalue weighted by atomic mass is 16.4. The predicted molar refractivity (Wildman–Crippen MR) is 73.0 cm³/mol. The van der Waals surface area contributed by atoms with Crippen molar-refractivity contribution in [2.24, 2.45) is 0 Å². The third-order valence-corrected chi connectivity index (χ3v) is 3.60. The summed E-state index contributed by atoms with van der Waals surface area (Å²) in [5.74, 6) is -0.840. The fourth-order valence-electron chi connectivity index (χ4n) is 2.36. The van der Waals surface area contributed by atoms with E-state index < -0.39 is 5.97 Å². The second-order valence-electron chi connectivity index (χ2n) is 4.86. The van der Waals surface area contributed by atoms with E-state index in [1.807, 2.05) is 6.07 Å². The number of fused-ring (bicyclic) bond motifs is 1. The fourth-order valence-corrected chi connectivity index (χ4v) is 2.36. The third-order valence-electron chi connectivity index (χ3n) is 3.60. The van der Waals surface area contributed by atoms with Crippen LogP contribution in [-0.2, 0) is 11.2 Å². The Morgan fingerprint density at radius 2 is 2.22 bits per heavy atom. The van der Waals surface area contributed by atoms with Gasteiger partial charge in [-0.1, -0.05) is 24.3 Å². The number of hydrogen-bond donors (Lipinski definition) is 1. The first kappa shape index (κ1) is 12.7. The second kappa shape index (κ2) is 5.25. The zero-order valence-electron chi connectivity index (χ0n) is 10.9. The predicted octanol–water partition coefficient (Wildman–Crippen LogP) is 2.86. The van der Waals surface area contributed by atoms with Gasteiger partial charge in [-0.15, -0.1) is 0 Å². The number of benzene rings is 1. The van der Waals surface area contributed by atoms with E-state index >= 15 is 0 Å². The van der Waals surface area contributed by atoms with Crippen molar-refractivity contribution >= 4 is 11.7 Å². The molecule has 3 heteroatoms. The van der Waals surface area contributed by atoms with Crippen LogP contribution >= 0.6 is 0 Å². The molecule has 1 unspecified atom stereocenters. The van der Waals surface area contributed by atoms with Gasteiger partial charge in [-0.05, 0) is 38.3 Å². The van der Waals surface area contributed by atoms with Crippen molar-refractivity contribution in [1.29, 1.82) is 0 Å². The Kier molecular flexibility index (Phi) is 3.70. The van der Waals surface area contributed by atoms with Gasteiger partial charge in [-0.25, -0.2) is 4.79 Å². The zero-order chi connectivity index (χ0) is 13.1. The summed E-state index contributed by atoms with van der Waals surface area (Å²) in [7, 11) is 0. The van der Waals surface area contributed by atoms with Gasteiger partial charge in [0.05, 0.1) is 0 Å². The van der Waals surface area contributed by atoms with Crippen molar-refractivity contribution in [3.63, 3.8) is 0 Å². The van der Waals surface area contributed by atoms with Crippen LogP contribution in [0.25, 0.3) is 0 Å². The number of carboxylic acid groups (broad SMARTS) is 1.